The highest BCUT2D eigenvalue weighted by atomic mass is 35.5. The predicted octanol–water partition coefficient (Wildman–Crippen LogP) is 7.03. The summed E-state index contributed by atoms with van der Waals surface area (Å²) in [6.45, 7) is 0. The third-order valence-electron chi connectivity index (χ3n) is 5.14. The van der Waals surface area contributed by atoms with Crippen molar-refractivity contribution in [1.29, 1.82) is 0 Å². The van der Waals surface area contributed by atoms with Gasteiger partial charge in [-0.3, -0.25) is 0 Å². The summed E-state index contributed by atoms with van der Waals surface area (Å²) in [5.41, 5.74) is 3.56. The summed E-state index contributed by atoms with van der Waals surface area (Å²) in [4.78, 5) is 0. The second kappa shape index (κ2) is 7.21. The Bertz CT molecular complexity index is 1120. The largest absolute Gasteiger partial charge is 0.463 e. The van der Waals surface area contributed by atoms with E-state index < -0.39 is 6.23 Å². The summed E-state index contributed by atoms with van der Waals surface area (Å²) in [7, 11) is 0. The Kier molecular flexibility index (Phi) is 4.66. The van der Waals surface area contributed by atoms with Crippen molar-refractivity contribution in [2.24, 2.45) is 5.10 Å². The summed E-state index contributed by atoms with van der Waals surface area (Å²) in [6, 6.07) is 17.2. The molecule has 0 N–H and O–H groups in total. The zero-order chi connectivity index (χ0) is 20.1. The molecule has 0 aromatic heterocycles. The van der Waals surface area contributed by atoms with E-state index in [0.29, 0.717) is 27.2 Å². The van der Waals surface area contributed by atoms with Crippen LogP contribution in [0.2, 0.25) is 15.1 Å². The number of ether oxygens (including phenoxy) is 1. The van der Waals surface area contributed by atoms with Gasteiger partial charge in [-0.05, 0) is 42.0 Å². The van der Waals surface area contributed by atoms with Gasteiger partial charge in [-0.1, -0.05) is 59.1 Å². The molecule has 2 atom stereocenters. The van der Waals surface area contributed by atoms with Crippen LogP contribution in [0.4, 0.5) is 4.39 Å². The smallest absolute Gasteiger partial charge is 0.213 e. The Morgan fingerprint density at radius 1 is 0.931 bits per heavy atom. The van der Waals surface area contributed by atoms with E-state index in [1.807, 2.05) is 35.3 Å². The van der Waals surface area contributed by atoms with Crippen LogP contribution in [0.15, 0.2) is 65.8 Å². The van der Waals surface area contributed by atoms with Gasteiger partial charge in [-0.15, -0.1) is 0 Å². The maximum absolute atomic E-state index is 13.5. The van der Waals surface area contributed by atoms with Crippen LogP contribution in [0.1, 0.15) is 35.4 Å². The van der Waals surface area contributed by atoms with Crippen LogP contribution in [0.3, 0.4) is 0 Å². The van der Waals surface area contributed by atoms with Crippen LogP contribution in [-0.4, -0.2) is 10.7 Å². The van der Waals surface area contributed by atoms with Crippen molar-refractivity contribution < 1.29 is 9.13 Å². The van der Waals surface area contributed by atoms with Crippen LogP contribution in [0, 0.1) is 5.82 Å². The van der Waals surface area contributed by atoms with Crippen molar-refractivity contribution in [2.45, 2.75) is 18.7 Å². The minimum absolute atomic E-state index is 0.101. The normalized spacial score (nSPS) is 20.0. The van der Waals surface area contributed by atoms with E-state index in [9.17, 15) is 4.39 Å². The van der Waals surface area contributed by atoms with E-state index >= 15 is 0 Å². The Balaban J connectivity index is 1.62. The number of halogens is 4. The number of hydrazone groups is 1. The highest BCUT2D eigenvalue weighted by molar-refractivity contribution is 6.35. The molecule has 0 fully saturated rings. The van der Waals surface area contributed by atoms with Gasteiger partial charge in [0.25, 0.3) is 0 Å². The van der Waals surface area contributed by atoms with Gasteiger partial charge in [-0.25, -0.2) is 9.40 Å². The average Bonchev–Trinajstić information content (AvgIpc) is 3.14. The topological polar surface area (TPSA) is 24.8 Å². The first-order valence-electron chi connectivity index (χ1n) is 9.02. The fourth-order valence-corrected chi connectivity index (χ4v) is 4.46. The van der Waals surface area contributed by atoms with E-state index in [4.69, 9.17) is 44.6 Å². The standard InChI is InChI=1S/C22H14Cl3FN2O/c23-14-5-1-12(2-6-14)19-11-20-17-9-15(24)10-18(25)21(17)29-22(28(20)27-19)13-3-7-16(26)8-4-13/h1-10,20,22H,11H2/t20-,22-/m1/s1. The zero-order valence-electron chi connectivity index (χ0n) is 14.9. The van der Waals surface area contributed by atoms with Gasteiger partial charge >= 0.3 is 0 Å². The fourth-order valence-electron chi connectivity index (χ4n) is 3.78. The van der Waals surface area contributed by atoms with Gasteiger partial charge in [0.05, 0.1) is 16.8 Å². The third kappa shape index (κ3) is 3.35. The van der Waals surface area contributed by atoms with E-state index in [-0.39, 0.29) is 11.9 Å². The van der Waals surface area contributed by atoms with Gasteiger partial charge in [0.15, 0.2) is 0 Å². The molecule has 0 saturated carbocycles. The van der Waals surface area contributed by atoms with Gasteiger partial charge in [-0.2, -0.15) is 5.10 Å². The first-order valence-corrected chi connectivity index (χ1v) is 10.2. The maximum Gasteiger partial charge on any atom is 0.213 e. The summed E-state index contributed by atoms with van der Waals surface area (Å²) >= 11 is 18.7. The second-order valence-electron chi connectivity index (χ2n) is 6.98. The van der Waals surface area contributed by atoms with Gasteiger partial charge in [0.2, 0.25) is 6.23 Å². The third-order valence-corrected chi connectivity index (χ3v) is 5.89. The number of hydrogen-bond donors (Lipinski definition) is 0. The minimum atomic E-state index is -0.531. The predicted molar refractivity (Wildman–Crippen MR) is 113 cm³/mol. The molecule has 7 heteroatoms. The summed E-state index contributed by atoms with van der Waals surface area (Å²) in [5.74, 6) is 0.275. The number of nitrogens with zero attached hydrogens (tertiary/aromatic N) is 2. The summed E-state index contributed by atoms with van der Waals surface area (Å²) < 4.78 is 19.7. The van der Waals surface area contributed by atoms with Gasteiger partial charge in [0.1, 0.15) is 11.6 Å². The Labute approximate surface area is 182 Å². The van der Waals surface area contributed by atoms with Crippen molar-refractivity contribution in [1.82, 2.24) is 5.01 Å². The minimum Gasteiger partial charge on any atom is -0.463 e. The lowest BCUT2D eigenvalue weighted by atomic mass is 9.96. The van der Waals surface area contributed by atoms with Crippen LogP contribution >= 0.6 is 34.8 Å². The lowest BCUT2D eigenvalue weighted by Crippen LogP contribution is -2.33. The lowest BCUT2D eigenvalue weighted by molar-refractivity contribution is -0.0189. The highest BCUT2D eigenvalue weighted by Crippen LogP contribution is 2.50. The molecular formula is C22H14Cl3FN2O. The van der Waals surface area contributed by atoms with Crippen molar-refractivity contribution >= 4 is 40.5 Å². The molecule has 2 aliphatic heterocycles. The molecule has 0 unspecified atom stereocenters. The molecule has 3 aromatic rings. The molecule has 2 aliphatic rings. The molecule has 29 heavy (non-hydrogen) atoms. The van der Waals surface area contributed by atoms with Crippen molar-refractivity contribution in [3.8, 4) is 5.75 Å². The first kappa shape index (κ1) is 18.7. The van der Waals surface area contributed by atoms with Crippen molar-refractivity contribution in [2.75, 3.05) is 0 Å². The van der Waals surface area contributed by atoms with E-state index in [1.54, 1.807) is 18.2 Å². The van der Waals surface area contributed by atoms with E-state index in [0.717, 1.165) is 22.4 Å². The molecule has 0 bridgehead atoms. The molecule has 3 nitrogen and oxygen atoms in total. The van der Waals surface area contributed by atoms with Crippen LogP contribution < -0.4 is 4.74 Å². The number of benzene rings is 3. The number of rotatable bonds is 2. The summed E-state index contributed by atoms with van der Waals surface area (Å²) in [5, 5.41) is 8.40. The Hall–Kier alpha value is -2.27. The first-order chi connectivity index (χ1) is 14.0. The molecule has 3 aromatic carbocycles. The average molecular weight is 448 g/mol. The molecule has 0 radical (unpaired) electrons. The SMILES string of the molecule is Fc1ccc([C@H]2Oc3c(Cl)cc(Cl)cc3[C@H]3CC(c4ccc(Cl)cc4)=NN32)cc1. The molecule has 0 saturated heterocycles. The second-order valence-corrected chi connectivity index (χ2v) is 8.26. The van der Waals surface area contributed by atoms with Crippen LogP contribution in [0.5, 0.6) is 5.75 Å². The fraction of sp³-hybridized carbons (Fsp3) is 0.136. The number of fused-ring (bicyclic) bond motifs is 3. The van der Waals surface area contributed by atoms with Crippen LogP contribution in [-0.2, 0) is 0 Å². The zero-order valence-corrected chi connectivity index (χ0v) is 17.2. The van der Waals surface area contributed by atoms with E-state index in [1.165, 1.54) is 12.1 Å². The monoisotopic (exact) mass is 446 g/mol. The van der Waals surface area contributed by atoms with Crippen molar-refractivity contribution in [3.05, 3.63) is 98.2 Å². The Morgan fingerprint density at radius 3 is 2.38 bits per heavy atom. The molecular weight excluding hydrogens is 434 g/mol. The highest BCUT2D eigenvalue weighted by Gasteiger charge is 2.42. The quantitative estimate of drug-likeness (QED) is 0.421. The van der Waals surface area contributed by atoms with Gasteiger partial charge in [0, 0.05) is 27.6 Å². The molecule has 5 rings (SSSR count). The summed E-state index contributed by atoms with van der Waals surface area (Å²) in [6.07, 6.45) is 0.128. The van der Waals surface area contributed by atoms with Gasteiger partial charge < -0.3 is 4.74 Å². The molecule has 146 valence electrons. The molecule has 0 amide bonds. The van der Waals surface area contributed by atoms with E-state index in [2.05, 4.69) is 0 Å². The molecule has 2 heterocycles. The maximum atomic E-state index is 13.5. The number of hydrogen-bond acceptors (Lipinski definition) is 3. The van der Waals surface area contributed by atoms with Crippen LogP contribution in [0.25, 0.3) is 0 Å². The lowest BCUT2D eigenvalue weighted by Gasteiger charge is -2.38. The molecule has 0 aliphatic carbocycles. The van der Waals surface area contributed by atoms with Crippen molar-refractivity contribution in [3.63, 3.8) is 0 Å². The Morgan fingerprint density at radius 2 is 1.66 bits per heavy atom. The molecule has 0 spiro atoms.